The van der Waals surface area contributed by atoms with E-state index in [9.17, 15) is 9.59 Å². The summed E-state index contributed by atoms with van der Waals surface area (Å²) in [5, 5.41) is 0. The maximum atomic E-state index is 13.4. The van der Waals surface area contributed by atoms with Crippen molar-refractivity contribution in [3.05, 3.63) is 136 Å². The van der Waals surface area contributed by atoms with Crippen molar-refractivity contribution in [3.8, 4) is 0 Å². The number of carbonyl (C=O) groups is 2. The Morgan fingerprint density at radius 1 is 0.474 bits per heavy atom. The largest absolute Gasteiger partial charge is 0.454 e. The third-order valence-corrected chi connectivity index (χ3v) is 9.86. The van der Waals surface area contributed by atoms with Crippen molar-refractivity contribution < 1.29 is 19.1 Å². The van der Waals surface area contributed by atoms with Crippen molar-refractivity contribution in [2.24, 2.45) is 0 Å². The molecule has 0 aromatic heterocycles. The van der Waals surface area contributed by atoms with Gasteiger partial charge in [0.25, 0.3) is 0 Å². The van der Waals surface area contributed by atoms with E-state index < -0.39 is 36.0 Å². The molecule has 2 bridgehead atoms. The van der Waals surface area contributed by atoms with Gasteiger partial charge in [-0.1, -0.05) is 100 Å². The zero-order valence-electron chi connectivity index (χ0n) is 19.5. The van der Waals surface area contributed by atoms with Crippen LogP contribution in [0.4, 0.5) is 0 Å². The first-order valence-corrected chi connectivity index (χ1v) is 15.0. The summed E-state index contributed by atoms with van der Waals surface area (Å²) < 4.78 is 16.2. The van der Waals surface area contributed by atoms with E-state index >= 15 is 0 Å². The lowest BCUT2D eigenvalue weighted by atomic mass is 9.61. The summed E-state index contributed by atoms with van der Waals surface area (Å²) in [5.41, 5.74) is 4.90. The molecule has 4 aromatic carbocycles. The molecule has 0 saturated carbocycles. The SMILES string of the molecule is O=C(OC1C2c3c(Br)ccc(Br)c3C(c3c(Br)ccc(Br)c32)C1OC(=O)c1ccccc1)c1ccccc1. The molecule has 0 aliphatic heterocycles. The van der Waals surface area contributed by atoms with Gasteiger partial charge < -0.3 is 9.47 Å². The van der Waals surface area contributed by atoms with E-state index in [4.69, 9.17) is 9.47 Å². The predicted molar refractivity (Wildman–Crippen MR) is 159 cm³/mol. The number of rotatable bonds is 4. The minimum atomic E-state index is -0.767. The first kappa shape index (κ1) is 26.0. The topological polar surface area (TPSA) is 52.6 Å². The number of hydrogen-bond acceptors (Lipinski definition) is 4. The maximum absolute atomic E-state index is 13.4. The molecule has 3 aliphatic carbocycles. The molecule has 8 heteroatoms. The van der Waals surface area contributed by atoms with Gasteiger partial charge in [0.05, 0.1) is 23.0 Å². The Bertz CT molecular complexity index is 1400. The number of halogens is 4. The second-order valence-corrected chi connectivity index (χ2v) is 12.6. The normalized spacial score (nSPS) is 20.8. The number of benzene rings is 4. The van der Waals surface area contributed by atoms with Gasteiger partial charge in [-0.25, -0.2) is 9.59 Å². The fraction of sp³-hybridized carbons (Fsp3) is 0.133. The number of ether oxygens (including phenoxy) is 2. The maximum Gasteiger partial charge on any atom is 0.338 e. The summed E-state index contributed by atoms with van der Waals surface area (Å²) >= 11 is 15.1. The molecule has 0 fully saturated rings. The lowest BCUT2D eigenvalue weighted by Crippen LogP contribution is -2.52. The van der Waals surface area contributed by atoms with Crippen LogP contribution in [0.15, 0.2) is 103 Å². The monoisotopic (exact) mass is 758 g/mol. The second-order valence-electron chi connectivity index (χ2n) is 9.14. The summed E-state index contributed by atoms with van der Waals surface area (Å²) in [6.07, 6.45) is -1.53. The van der Waals surface area contributed by atoms with E-state index in [0.717, 1.165) is 40.1 Å². The van der Waals surface area contributed by atoms with Crippen LogP contribution in [0.3, 0.4) is 0 Å². The average molecular weight is 762 g/mol. The molecule has 0 saturated heterocycles. The van der Waals surface area contributed by atoms with E-state index in [2.05, 4.69) is 63.7 Å². The van der Waals surface area contributed by atoms with Crippen molar-refractivity contribution in [3.63, 3.8) is 0 Å². The first-order valence-electron chi connectivity index (χ1n) is 11.8. The molecule has 7 rings (SSSR count). The van der Waals surface area contributed by atoms with Crippen molar-refractivity contribution in [2.75, 3.05) is 0 Å². The molecule has 0 spiro atoms. The van der Waals surface area contributed by atoms with Crippen molar-refractivity contribution in [2.45, 2.75) is 24.0 Å². The van der Waals surface area contributed by atoms with Gasteiger partial charge in [0.2, 0.25) is 0 Å². The molecule has 4 nitrogen and oxygen atoms in total. The molecule has 2 unspecified atom stereocenters. The summed E-state index contributed by atoms with van der Waals surface area (Å²) in [6, 6.07) is 25.7. The molecule has 0 heterocycles. The Balaban J connectivity index is 1.56. The average Bonchev–Trinajstić information content (AvgIpc) is 2.94. The van der Waals surface area contributed by atoms with Crippen LogP contribution >= 0.6 is 63.7 Å². The van der Waals surface area contributed by atoms with Gasteiger partial charge >= 0.3 is 11.9 Å². The minimum Gasteiger partial charge on any atom is -0.454 e. The third kappa shape index (κ3) is 4.30. The Kier molecular flexibility index (Phi) is 7.10. The highest BCUT2D eigenvalue weighted by Gasteiger charge is 2.56. The summed E-state index contributed by atoms with van der Waals surface area (Å²) in [4.78, 5) is 26.8. The number of fused-ring (bicyclic) bond motifs is 1. The van der Waals surface area contributed by atoms with Gasteiger partial charge in [-0.05, 0) is 70.8 Å². The Labute approximate surface area is 253 Å². The van der Waals surface area contributed by atoms with Crippen LogP contribution in [0.1, 0.15) is 54.8 Å². The van der Waals surface area contributed by atoms with Gasteiger partial charge in [-0.15, -0.1) is 0 Å². The molecule has 0 N–H and O–H groups in total. The van der Waals surface area contributed by atoms with Gasteiger partial charge in [0.15, 0.2) is 12.2 Å². The molecule has 0 radical (unpaired) electrons. The van der Waals surface area contributed by atoms with Crippen molar-refractivity contribution in [1.29, 1.82) is 0 Å². The van der Waals surface area contributed by atoms with Crippen LogP contribution in [0.25, 0.3) is 0 Å². The van der Waals surface area contributed by atoms with E-state index in [-0.39, 0.29) is 0 Å². The van der Waals surface area contributed by atoms with Crippen LogP contribution in [-0.4, -0.2) is 24.1 Å². The number of carbonyl (C=O) groups excluding carboxylic acids is 2. The van der Waals surface area contributed by atoms with Crippen LogP contribution in [0, 0.1) is 0 Å². The molecular weight excluding hydrogens is 744 g/mol. The molecule has 3 aliphatic rings. The smallest absolute Gasteiger partial charge is 0.338 e. The highest BCUT2D eigenvalue weighted by atomic mass is 79.9. The Morgan fingerprint density at radius 3 is 1.05 bits per heavy atom. The second kappa shape index (κ2) is 10.4. The third-order valence-electron chi connectivity index (χ3n) is 7.09. The highest BCUT2D eigenvalue weighted by molar-refractivity contribution is 9.11. The zero-order chi connectivity index (χ0) is 26.6. The van der Waals surface area contributed by atoms with Crippen LogP contribution < -0.4 is 0 Å². The first-order chi connectivity index (χ1) is 18.4. The van der Waals surface area contributed by atoms with E-state index in [0.29, 0.717) is 11.1 Å². The minimum absolute atomic E-state index is 0.398. The fourth-order valence-electron chi connectivity index (χ4n) is 5.56. The quantitative estimate of drug-likeness (QED) is 0.195. The van der Waals surface area contributed by atoms with Gasteiger partial charge in [0.1, 0.15) is 0 Å². The van der Waals surface area contributed by atoms with Crippen LogP contribution in [0.2, 0.25) is 0 Å². The molecule has 38 heavy (non-hydrogen) atoms. The van der Waals surface area contributed by atoms with Gasteiger partial charge in [-0.2, -0.15) is 0 Å². The highest BCUT2D eigenvalue weighted by Crippen LogP contribution is 2.61. The molecule has 4 aromatic rings. The van der Waals surface area contributed by atoms with E-state index in [1.807, 2.05) is 36.4 Å². The lowest BCUT2D eigenvalue weighted by Gasteiger charge is -2.50. The molecular formula is C30H18Br4O4. The zero-order valence-corrected chi connectivity index (χ0v) is 25.9. The van der Waals surface area contributed by atoms with Crippen LogP contribution in [0.5, 0.6) is 0 Å². The number of esters is 2. The van der Waals surface area contributed by atoms with E-state index in [1.54, 1.807) is 48.5 Å². The molecule has 190 valence electrons. The summed E-state index contributed by atoms with van der Waals surface area (Å²) in [7, 11) is 0. The summed E-state index contributed by atoms with van der Waals surface area (Å²) in [5.74, 6) is -1.73. The number of hydrogen-bond donors (Lipinski definition) is 0. The fourth-order valence-corrected chi connectivity index (χ4v) is 7.93. The van der Waals surface area contributed by atoms with Gasteiger partial charge in [-0.3, -0.25) is 0 Å². The van der Waals surface area contributed by atoms with E-state index in [1.165, 1.54) is 0 Å². The van der Waals surface area contributed by atoms with Crippen LogP contribution in [-0.2, 0) is 9.47 Å². The molecule has 2 atom stereocenters. The lowest BCUT2D eigenvalue weighted by molar-refractivity contribution is -0.0561. The van der Waals surface area contributed by atoms with Gasteiger partial charge in [0, 0.05) is 17.9 Å². The predicted octanol–water partition coefficient (Wildman–Crippen LogP) is 8.78. The standard InChI is InChI=1S/C30H18Br4O4/c31-17-11-13-19(33)23-21(17)25-22-18(32)12-14-20(34)24(22)26(23)28(38-30(36)16-9-5-2-6-10-16)27(25)37-29(35)15-7-3-1-4-8-15/h1-14,25-28H. The van der Waals surface area contributed by atoms with Crippen molar-refractivity contribution in [1.82, 2.24) is 0 Å². The molecule has 0 amide bonds. The Hall–Kier alpha value is -2.26. The van der Waals surface area contributed by atoms with Crippen molar-refractivity contribution >= 4 is 75.7 Å². The Morgan fingerprint density at radius 2 is 0.763 bits per heavy atom. The summed E-state index contributed by atoms with van der Waals surface area (Å²) in [6.45, 7) is 0.